The van der Waals surface area contributed by atoms with Crippen LogP contribution in [0.3, 0.4) is 0 Å². The summed E-state index contributed by atoms with van der Waals surface area (Å²) in [6.07, 6.45) is 12.9. The fraction of sp³-hybridized carbons (Fsp3) is 0.389. The number of ether oxygens (including phenoxy) is 1. The maximum absolute atomic E-state index is 10.7. The van der Waals surface area contributed by atoms with Gasteiger partial charge in [0, 0.05) is 12.5 Å². The zero-order chi connectivity index (χ0) is 15.8. The van der Waals surface area contributed by atoms with Crippen LogP contribution in [-0.2, 0) is 9.53 Å². The van der Waals surface area contributed by atoms with Gasteiger partial charge >= 0.3 is 5.97 Å². The van der Waals surface area contributed by atoms with Crippen LogP contribution in [0, 0.1) is 23.7 Å². The van der Waals surface area contributed by atoms with E-state index >= 15 is 0 Å². The molecule has 0 aliphatic carbocycles. The molecule has 0 bridgehead atoms. The largest absolute Gasteiger partial charge is 0.463 e. The van der Waals surface area contributed by atoms with E-state index < -0.39 is 0 Å². The minimum atomic E-state index is -0.215. The van der Waals surface area contributed by atoms with Crippen LogP contribution in [0.1, 0.15) is 39.5 Å². The van der Waals surface area contributed by atoms with Crippen molar-refractivity contribution in [3.8, 4) is 23.7 Å². The van der Waals surface area contributed by atoms with Crippen molar-refractivity contribution in [1.29, 1.82) is 0 Å². The Kier molecular flexibility index (Phi) is 13.2. The van der Waals surface area contributed by atoms with Gasteiger partial charge in [0.05, 0.1) is 6.10 Å². The van der Waals surface area contributed by atoms with E-state index in [0.717, 1.165) is 25.7 Å². The lowest BCUT2D eigenvalue weighted by Gasteiger charge is -2.10. The fourth-order valence-electron chi connectivity index (χ4n) is 1.48. The predicted octanol–water partition coefficient (Wildman–Crippen LogP) is 4.37. The number of rotatable bonds is 7. The average Bonchev–Trinajstić information content (AvgIpc) is 2.43. The molecule has 2 nitrogen and oxygen atoms in total. The highest BCUT2D eigenvalue weighted by Gasteiger charge is 2.03. The van der Waals surface area contributed by atoms with Crippen LogP contribution < -0.4 is 0 Å². The zero-order valence-electron chi connectivity index (χ0n) is 12.6. The topological polar surface area (TPSA) is 26.3 Å². The van der Waals surface area contributed by atoms with Crippen molar-refractivity contribution in [3.63, 3.8) is 0 Å². The minimum Gasteiger partial charge on any atom is -0.463 e. The summed E-state index contributed by atoms with van der Waals surface area (Å²) in [5.41, 5.74) is 1.42. The Morgan fingerprint density at radius 2 is 1.90 bits per heavy atom. The number of hydrogen-bond donors (Lipinski definition) is 0. The van der Waals surface area contributed by atoms with Crippen LogP contribution in [0.25, 0.3) is 0 Å². The lowest BCUT2D eigenvalue weighted by atomic mass is 10.1. The normalized spacial score (nSPS) is 12.0. The quantitative estimate of drug-likeness (QED) is 0.302. The molecule has 0 amide bonds. The molecule has 0 rings (SSSR count). The first-order chi connectivity index (χ1) is 10.2. The molecule has 0 saturated heterocycles. The third kappa shape index (κ3) is 16.0. The third-order valence-corrected chi connectivity index (χ3v) is 2.52. The monoisotopic (exact) mass is 304 g/mol. The molecule has 0 saturated carbocycles. The molecule has 0 radical (unpaired) electrons. The first kappa shape index (κ1) is 19.1. The smallest absolute Gasteiger partial charge is 0.302 e. The molecule has 0 aliphatic rings. The van der Waals surface area contributed by atoms with Gasteiger partial charge in [-0.3, -0.25) is 4.79 Å². The van der Waals surface area contributed by atoms with E-state index in [1.807, 2.05) is 19.1 Å². The number of hydrogen-bond acceptors (Lipinski definition) is 2. The van der Waals surface area contributed by atoms with Crippen LogP contribution in [0.5, 0.6) is 0 Å². The molecule has 0 aromatic carbocycles. The van der Waals surface area contributed by atoms with Crippen LogP contribution >= 0.6 is 11.6 Å². The summed E-state index contributed by atoms with van der Waals surface area (Å²) in [6, 6.07) is 0. The van der Waals surface area contributed by atoms with Crippen molar-refractivity contribution in [2.24, 2.45) is 0 Å². The molecule has 0 unspecified atom stereocenters. The third-order valence-electron chi connectivity index (χ3n) is 2.37. The zero-order valence-corrected chi connectivity index (χ0v) is 13.3. The number of allylic oxidation sites excluding steroid dienone is 5. The molecule has 0 N–H and O–H groups in total. The summed E-state index contributed by atoms with van der Waals surface area (Å²) < 4.78 is 5.05. The first-order valence-corrected chi connectivity index (χ1v) is 7.35. The Morgan fingerprint density at radius 3 is 2.57 bits per heavy atom. The Balaban J connectivity index is 3.68. The molecular weight excluding hydrogens is 284 g/mol. The molecule has 0 aromatic heterocycles. The van der Waals surface area contributed by atoms with Gasteiger partial charge in [-0.1, -0.05) is 41.7 Å². The Bertz CT molecular complexity index is 493. The van der Waals surface area contributed by atoms with Crippen molar-refractivity contribution in [2.75, 3.05) is 0 Å². The highest BCUT2D eigenvalue weighted by atomic mass is 35.5. The summed E-state index contributed by atoms with van der Waals surface area (Å²) >= 11 is 5.34. The van der Waals surface area contributed by atoms with Gasteiger partial charge in [0.2, 0.25) is 0 Å². The minimum absolute atomic E-state index is 0.00301. The van der Waals surface area contributed by atoms with Crippen molar-refractivity contribution in [1.82, 2.24) is 0 Å². The van der Waals surface area contributed by atoms with Crippen LogP contribution in [0.15, 0.2) is 35.9 Å². The molecule has 112 valence electrons. The molecule has 0 aromatic rings. The summed E-state index contributed by atoms with van der Waals surface area (Å²) in [7, 11) is 0. The number of carbonyl (C=O) groups is 1. The Labute approximate surface area is 132 Å². The second-order valence-corrected chi connectivity index (χ2v) is 4.58. The van der Waals surface area contributed by atoms with Gasteiger partial charge in [-0.15, -0.1) is 0 Å². The van der Waals surface area contributed by atoms with Gasteiger partial charge < -0.3 is 4.74 Å². The summed E-state index contributed by atoms with van der Waals surface area (Å²) in [5, 5.41) is 0. The molecule has 3 heteroatoms. The van der Waals surface area contributed by atoms with Crippen LogP contribution in [0.4, 0.5) is 0 Å². The first-order valence-electron chi connectivity index (χ1n) is 6.92. The van der Waals surface area contributed by atoms with Crippen molar-refractivity contribution in [2.45, 2.75) is 45.6 Å². The van der Waals surface area contributed by atoms with Crippen LogP contribution in [0.2, 0.25) is 0 Å². The standard InChI is InChI=1S/C18H21ClO2/c1-17(21-18(2)20)15-13-11-9-7-5-3-4-6-8-10-12-14-16-19/h5,7,10,12,14,16-17H,9,11,13,15H2,1-2H3/b7-5-,12-10+,16-14-/t17-/m0/s1. The lowest BCUT2D eigenvalue weighted by Crippen LogP contribution is -2.11. The Morgan fingerprint density at radius 1 is 1.19 bits per heavy atom. The van der Waals surface area contributed by atoms with Crippen LogP contribution in [-0.4, -0.2) is 12.1 Å². The van der Waals surface area contributed by atoms with Crippen molar-refractivity contribution in [3.05, 3.63) is 35.9 Å². The van der Waals surface area contributed by atoms with E-state index in [0.29, 0.717) is 0 Å². The number of carbonyl (C=O) groups excluding carboxylic acids is 1. The van der Waals surface area contributed by atoms with Gasteiger partial charge in [-0.25, -0.2) is 0 Å². The predicted molar refractivity (Wildman–Crippen MR) is 88.5 cm³/mol. The molecule has 0 heterocycles. The molecule has 0 spiro atoms. The van der Waals surface area contributed by atoms with E-state index in [1.165, 1.54) is 12.5 Å². The Hall–Kier alpha value is -1.90. The van der Waals surface area contributed by atoms with E-state index in [1.54, 1.807) is 18.2 Å². The van der Waals surface area contributed by atoms with Gasteiger partial charge in [-0.2, -0.15) is 0 Å². The number of unbranched alkanes of at least 4 members (excludes halogenated alkanes) is 2. The van der Waals surface area contributed by atoms with Crippen molar-refractivity contribution >= 4 is 17.6 Å². The molecule has 0 fully saturated rings. The SMILES string of the molecule is CC(=O)O[C@@H](C)CCCC/C=C\C#CC#C/C=C/C=C\Cl. The van der Waals surface area contributed by atoms with Gasteiger partial charge in [0.1, 0.15) is 0 Å². The van der Waals surface area contributed by atoms with Crippen molar-refractivity contribution < 1.29 is 9.53 Å². The second kappa shape index (κ2) is 14.5. The highest BCUT2D eigenvalue weighted by Crippen LogP contribution is 2.06. The summed E-state index contributed by atoms with van der Waals surface area (Å²) in [5.74, 6) is 10.8. The van der Waals surface area contributed by atoms with E-state index in [4.69, 9.17) is 16.3 Å². The van der Waals surface area contributed by atoms with Gasteiger partial charge in [0.15, 0.2) is 0 Å². The van der Waals surface area contributed by atoms with E-state index in [-0.39, 0.29) is 12.1 Å². The molecule has 21 heavy (non-hydrogen) atoms. The maximum atomic E-state index is 10.7. The fourth-order valence-corrected chi connectivity index (χ4v) is 1.56. The summed E-state index contributed by atoms with van der Waals surface area (Å²) in [4.78, 5) is 10.7. The molecule has 0 aliphatic heterocycles. The highest BCUT2D eigenvalue weighted by molar-refractivity contribution is 6.25. The molecule has 1 atom stereocenters. The second-order valence-electron chi connectivity index (χ2n) is 4.32. The lowest BCUT2D eigenvalue weighted by molar-refractivity contribution is -0.145. The maximum Gasteiger partial charge on any atom is 0.302 e. The number of halogens is 1. The van der Waals surface area contributed by atoms with Gasteiger partial charge in [-0.05, 0) is 56.6 Å². The molecular formula is C18H21ClO2. The van der Waals surface area contributed by atoms with E-state index in [9.17, 15) is 4.79 Å². The van der Waals surface area contributed by atoms with E-state index in [2.05, 4.69) is 23.7 Å². The number of esters is 1. The van der Waals surface area contributed by atoms with Gasteiger partial charge in [0.25, 0.3) is 0 Å². The summed E-state index contributed by atoms with van der Waals surface area (Å²) in [6.45, 7) is 3.35. The average molecular weight is 305 g/mol.